The fraction of sp³-hybridized carbons (Fsp3) is 0.912. The van der Waals surface area contributed by atoms with Crippen LogP contribution in [0.25, 0.3) is 0 Å². The first kappa shape index (κ1) is 48.2. The average Bonchev–Trinajstić information content (AvgIpc) is 2.99. The molecule has 40 heavy (non-hydrogen) atoms. The maximum absolute atomic E-state index is 13.7. The molecule has 0 aromatic carbocycles. The van der Waals surface area contributed by atoms with Crippen LogP contribution in [-0.2, 0) is 23.9 Å². The van der Waals surface area contributed by atoms with E-state index in [1.807, 2.05) is 13.8 Å². The summed E-state index contributed by atoms with van der Waals surface area (Å²) in [5.74, 6) is -1.21. The Bertz CT molecular complexity index is 823. The van der Waals surface area contributed by atoms with Crippen LogP contribution >= 0.6 is 0 Å². The lowest BCUT2D eigenvalue weighted by Crippen LogP contribution is -2.47. The molecule has 5 unspecified atom stereocenters. The minimum atomic E-state index is -1.17. The van der Waals surface area contributed by atoms with Crippen LogP contribution < -0.4 is 0 Å². The first-order valence-electron chi connectivity index (χ1n) is 12.8. The first-order chi connectivity index (χ1) is 15.1. The third kappa shape index (κ3) is 8.95. The summed E-state index contributed by atoms with van der Waals surface area (Å²) in [6.07, 6.45) is 3.67. The van der Waals surface area contributed by atoms with E-state index in [0.717, 1.165) is 12.8 Å². The summed E-state index contributed by atoms with van der Waals surface area (Å²) < 4.78 is 12.0. The zero-order valence-electron chi connectivity index (χ0n) is 23.4. The fourth-order valence-corrected chi connectivity index (χ4v) is 6.44. The quantitative estimate of drug-likeness (QED) is 0.275. The van der Waals surface area contributed by atoms with Crippen LogP contribution in [0.3, 0.4) is 0 Å². The summed E-state index contributed by atoms with van der Waals surface area (Å²) in [6.45, 7) is 20.9. The molecule has 0 aromatic rings. The van der Waals surface area contributed by atoms with Crippen LogP contribution in [0.5, 0.6) is 0 Å². The second kappa shape index (κ2) is 15.0. The molecule has 0 radical (unpaired) electrons. The normalized spacial score (nSPS) is 25.3. The molecule has 0 aromatic heterocycles. The second-order valence-corrected chi connectivity index (χ2v) is 14.0. The lowest BCUT2D eigenvalue weighted by atomic mass is 9.65. The highest BCUT2D eigenvalue weighted by Crippen LogP contribution is 2.66. The minimum absolute atomic E-state index is 0. The van der Waals surface area contributed by atoms with E-state index in [2.05, 4.69) is 20.8 Å². The number of aliphatic carboxylic acids is 1. The van der Waals surface area contributed by atoms with Gasteiger partial charge in [0.1, 0.15) is 11.7 Å². The van der Waals surface area contributed by atoms with E-state index < -0.39 is 33.8 Å². The summed E-state index contributed by atoms with van der Waals surface area (Å²) in [5.41, 5.74) is -3.93. The highest BCUT2D eigenvalue weighted by molar-refractivity contribution is 5.82. The van der Waals surface area contributed by atoms with Crippen molar-refractivity contribution in [2.75, 3.05) is 0 Å². The predicted molar refractivity (Wildman–Crippen MR) is 172 cm³/mol. The maximum atomic E-state index is 13.7. The molecule has 0 aliphatic heterocycles. The Balaban J connectivity index is -0.000000681. The van der Waals surface area contributed by atoms with E-state index in [-0.39, 0.29) is 80.3 Å². The van der Waals surface area contributed by atoms with Gasteiger partial charge in [-0.15, -0.1) is 0 Å². The van der Waals surface area contributed by atoms with Gasteiger partial charge in [-0.05, 0) is 98.3 Å². The molecular formula is C34H72O6. The fourth-order valence-electron chi connectivity index (χ4n) is 6.44. The number of ether oxygens (including phenoxy) is 2. The van der Waals surface area contributed by atoms with Crippen LogP contribution in [0.2, 0.25) is 0 Å². The van der Waals surface area contributed by atoms with Crippen molar-refractivity contribution in [2.24, 2.45) is 33.0 Å². The van der Waals surface area contributed by atoms with Crippen LogP contribution in [0, 0.1) is 33.0 Å². The van der Waals surface area contributed by atoms with Crippen molar-refractivity contribution in [3.8, 4) is 0 Å². The molecule has 244 valence electrons. The van der Waals surface area contributed by atoms with Crippen molar-refractivity contribution in [1.82, 2.24) is 0 Å². The molecule has 0 spiro atoms. The van der Waals surface area contributed by atoms with Gasteiger partial charge in [0.2, 0.25) is 0 Å². The Morgan fingerprint density at radius 3 is 1.60 bits per heavy atom. The Labute approximate surface area is 250 Å². The summed E-state index contributed by atoms with van der Waals surface area (Å²) in [6, 6.07) is 0. The van der Waals surface area contributed by atoms with E-state index in [1.165, 1.54) is 6.42 Å². The molecule has 5 atom stereocenters. The third-order valence-corrected chi connectivity index (χ3v) is 9.32. The van der Waals surface area contributed by atoms with E-state index in [9.17, 15) is 19.5 Å². The molecule has 2 saturated carbocycles. The second-order valence-electron chi connectivity index (χ2n) is 14.0. The van der Waals surface area contributed by atoms with Crippen molar-refractivity contribution in [1.29, 1.82) is 0 Å². The largest absolute Gasteiger partial charge is 0.481 e. The van der Waals surface area contributed by atoms with E-state index in [0.29, 0.717) is 12.3 Å². The number of hydrogen-bond acceptors (Lipinski definition) is 5. The standard InChI is InChI=1S/C28H48O6.6CH4/c1-12-26(9,21(31)33-19-15-18-13-14-28(19,11)25(18,7)8)17-27(10,16-24(5,6)20(29)30)22(32)34-23(2,3)4;;;;;;/h18-19H,12-17H2,1-11H3,(H,29,30);6*1H4. The number of carboxylic acids is 1. The molecule has 6 nitrogen and oxygen atoms in total. The monoisotopic (exact) mass is 577 g/mol. The summed E-state index contributed by atoms with van der Waals surface area (Å²) >= 11 is 0. The van der Waals surface area contributed by atoms with Gasteiger partial charge >= 0.3 is 17.9 Å². The molecule has 1 N–H and O–H groups in total. The van der Waals surface area contributed by atoms with Gasteiger partial charge in [-0.2, -0.15) is 0 Å². The van der Waals surface area contributed by atoms with Crippen molar-refractivity contribution in [3.05, 3.63) is 0 Å². The van der Waals surface area contributed by atoms with E-state index >= 15 is 0 Å². The molecule has 0 heterocycles. The minimum Gasteiger partial charge on any atom is -0.481 e. The first-order valence-corrected chi connectivity index (χ1v) is 12.8. The number of carbonyl (C=O) groups excluding carboxylic acids is 2. The van der Waals surface area contributed by atoms with Gasteiger partial charge in [0.25, 0.3) is 0 Å². The van der Waals surface area contributed by atoms with Crippen molar-refractivity contribution < 1.29 is 29.0 Å². The van der Waals surface area contributed by atoms with Crippen LogP contribution in [0.4, 0.5) is 0 Å². The van der Waals surface area contributed by atoms with Crippen LogP contribution in [0.1, 0.15) is 159 Å². The van der Waals surface area contributed by atoms with Gasteiger partial charge in [-0.3, -0.25) is 14.4 Å². The number of hydrogen-bond donors (Lipinski definition) is 1. The highest BCUT2D eigenvalue weighted by Gasteiger charge is 2.63. The molecule has 2 fully saturated rings. The lowest BCUT2D eigenvalue weighted by molar-refractivity contribution is -0.179. The zero-order valence-corrected chi connectivity index (χ0v) is 23.4. The SMILES string of the molecule is C.C.C.C.C.C.CCC(C)(CC(C)(CC(C)(C)C(=O)O)C(=O)OC(C)(C)C)C(=O)OC1CC2CCC1(C)C2(C)C. The molecule has 2 aliphatic carbocycles. The Hall–Kier alpha value is -1.59. The van der Waals surface area contributed by atoms with Crippen molar-refractivity contribution in [3.63, 3.8) is 0 Å². The van der Waals surface area contributed by atoms with Gasteiger partial charge in [-0.25, -0.2) is 0 Å². The lowest BCUT2D eigenvalue weighted by Gasteiger charge is -2.42. The van der Waals surface area contributed by atoms with Gasteiger partial charge in [0, 0.05) is 5.41 Å². The third-order valence-electron chi connectivity index (χ3n) is 9.32. The maximum Gasteiger partial charge on any atom is 0.312 e. The molecule has 2 aliphatic rings. The molecule has 2 rings (SSSR count). The average molecular weight is 577 g/mol. The number of carbonyl (C=O) groups is 3. The Kier molecular flexibility index (Phi) is 18.1. The molecule has 0 amide bonds. The summed E-state index contributed by atoms with van der Waals surface area (Å²) in [7, 11) is 0. The summed E-state index contributed by atoms with van der Waals surface area (Å²) in [4.78, 5) is 39.0. The topological polar surface area (TPSA) is 89.9 Å². The van der Waals surface area contributed by atoms with Gasteiger partial charge in [-0.1, -0.05) is 72.3 Å². The van der Waals surface area contributed by atoms with Crippen molar-refractivity contribution in [2.45, 2.75) is 171 Å². The van der Waals surface area contributed by atoms with Gasteiger partial charge in [0.15, 0.2) is 0 Å². The van der Waals surface area contributed by atoms with E-state index in [4.69, 9.17) is 9.47 Å². The van der Waals surface area contributed by atoms with E-state index in [1.54, 1.807) is 41.5 Å². The molecule has 2 bridgehead atoms. The Morgan fingerprint density at radius 2 is 1.27 bits per heavy atom. The zero-order chi connectivity index (χ0) is 26.5. The van der Waals surface area contributed by atoms with Gasteiger partial charge < -0.3 is 14.6 Å². The molecule has 0 saturated heterocycles. The van der Waals surface area contributed by atoms with Crippen molar-refractivity contribution >= 4 is 17.9 Å². The summed E-state index contributed by atoms with van der Waals surface area (Å²) in [5, 5.41) is 9.77. The van der Waals surface area contributed by atoms with Gasteiger partial charge in [0.05, 0.1) is 16.2 Å². The van der Waals surface area contributed by atoms with Crippen LogP contribution in [0.15, 0.2) is 0 Å². The molecule has 6 heteroatoms. The molecular weight excluding hydrogens is 504 g/mol. The smallest absolute Gasteiger partial charge is 0.312 e. The highest BCUT2D eigenvalue weighted by atomic mass is 16.6. The number of carboxylic acid groups (broad SMARTS) is 1. The van der Waals surface area contributed by atoms with Crippen LogP contribution in [-0.4, -0.2) is 34.7 Å². The number of rotatable bonds is 9. The number of esters is 2. The predicted octanol–water partition coefficient (Wildman–Crippen LogP) is 10.2. The Morgan fingerprint density at radius 1 is 0.800 bits per heavy atom. The number of fused-ring (bicyclic) bond motifs is 2.